The van der Waals surface area contributed by atoms with E-state index in [0.717, 1.165) is 25.2 Å². The molecule has 2 aliphatic heterocycles. The fourth-order valence-electron chi connectivity index (χ4n) is 2.87. The van der Waals surface area contributed by atoms with Crippen LogP contribution in [-0.2, 0) is 19.0 Å². The third kappa shape index (κ3) is 2.51. The molecule has 0 aliphatic carbocycles. The maximum atomic E-state index is 12.1. The first-order valence-corrected chi connectivity index (χ1v) is 6.53. The van der Waals surface area contributed by atoms with Gasteiger partial charge in [0.1, 0.15) is 0 Å². The third-order valence-electron chi connectivity index (χ3n) is 3.99. The number of aliphatic imine (C=N–C) groups is 1. The summed E-state index contributed by atoms with van der Waals surface area (Å²) in [7, 11) is 1.64. The molecular weight excluding hydrogens is 234 g/mol. The minimum absolute atomic E-state index is 0.0857. The number of ether oxygens (including phenoxy) is 3. The number of carbonyl (C=O) groups excluding carboxylic acids is 1. The van der Waals surface area contributed by atoms with Crippen LogP contribution in [0.2, 0.25) is 0 Å². The molecule has 0 bridgehead atoms. The Morgan fingerprint density at radius 1 is 1.50 bits per heavy atom. The predicted molar refractivity (Wildman–Crippen MR) is 66.5 cm³/mol. The lowest BCUT2D eigenvalue weighted by Crippen LogP contribution is -2.47. The second-order valence-electron chi connectivity index (χ2n) is 4.89. The van der Waals surface area contributed by atoms with Crippen molar-refractivity contribution < 1.29 is 19.0 Å². The molecule has 0 N–H and O–H groups in total. The first kappa shape index (κ1) is 13.3. The van der Waals surface area contributed by atoms with E-state index in [2.05, 4.69) is 4.99 Å². The second-order valence-corrected chi connectivity index (χ2v) is 4.89. The number of nitrogens with zero attached hydrogens (tertiary/aromatic N) is 1. The van der Waals surface area contributed by atoms with Gasteiger partial charge in [0.05, 0.1) is 26.2 Å². The molecule has 18 heavy (non-hydrogen) atoms. The minimum Gasteiger partial charge on any atom is -0.484 e. The highest BCUT2D eigenvalue weighted by Crippen LogP contribution is 2.44. The Hall–Kier alpha value is -1.10. The van der Waals surface area contributed by atoms with Crippen LogP contribution in [0.1, 0.15) is 26.2 Å². The molecule has 0 aromatic heterocycles. The van der Waals surface area contributed by atoms with E-state index in [-0.39, 0.29) is 17.3 Å². The van der Waals surface area contributed by atoms with E-state index in [1.165, 1.54) is 0 Å². The smallest absolute Gasteiger partial charge is 0.311 e. The fraction of sp³-hybridized carbons (Fsp3) is 0.846. The van der Waals surface area contributed by atoms with E-state index in [0.29, 0.717) is 26.4 Å². The largest absolute Gasteiger partial charge is 0.484 e. The Morgan fingerprint density at radius 3 is 2.83 bits per heavy atom. The van der Waals surface area contributed by atoms with Crippen molar-refractivity contribution >= 4 is 11.9 Å². The summed E-state index contributed by atoms with van der Waals surface area (Å²) >= 11 is 0. The number of rotatable bonds is 2. The van der Waals surface area contributed by atoms with Crippen molar-refractivity contribution in [2.45, 2.75) is 26.2 Å². The van der Waals surface area contributed by atoms with Gasteiger partial charge >= 0.3 is 5.97 Å². The molecule has 0 amide bonds. The molecule has 0 radical (unpaired) electrons. The van der Waals surface area contributed by atoms with E-state index < -0.39 is 0 Å². The van der Waals surface area contributed by atoms with Gasteiger partial charge in [-0.05, 0) is 25.2 Å². The van der Waals surface area contributed by atoms with E-state index in [1.807, 2.05) is 6.92 Å². The normalized spacial score (nSPS) is 26.6. The van der Waals surface area contributed by atoms with Crippen LogP contribution >= 0.6 is 0 Å². The lowest BCUT2D eigenvalue weighted by Gasteiger charge is -2.43. The molecule has 102 valence electrons. The summed E-state index contributed by atoms with van der Waals surface area (Å²) in [6.45, 7) is 4.13. The summed E-state index contributed by atoms with van der Waals surface area (Å²) in [5.74, 6) is 0.469. The Morgan fingerprint density at radius 2 is 2.22 bits per heavy atom. The van der Waals surface area contributed by atoms with E-state index >= 15 is 0 Å². The number of hydrogen-bond acceptors (Lipinski definition) is 5. The predicted octanol–water partition coefficient (Wildman–Crippen LogP) is 1.41. The van der Waals surface area contributed by atoms with Crippen molar-refractivity contribution in [2.24, 2.45) is 16.3 Å². The molecule has 5 heteroatoms. The van der Waals surface area contributed by atoms with Crippen molar-refractivity contribution in [2.75, 3.05) is 33.5 Å². The maximum Gasteiger partial charge on any atom is 0.311 e. The molecule has 2 rings (SSSR count). The Kier molecular flexibility index (Phi) is 4.22. The number of esters is 1. The summed E-state index contributed by atoms with van der Waals surface area (Å²) in [4.78, 5) is 16.4. The quantitative estimate of drug-likeness (QED) is 0.700. The van der Waals surface area contributed by atoms with Gasteiger partial charge in [-0.3, -0.25) is 9.79 Å². The summed E-state index contributed by atoms with van der Waals surface area (Å²) < 4.78 is 15.9. The first-order valence-electron chi connectivity index (χ1n) is 6.53. The Balaban J connectivity index is 2.19. The van der Waals surface area contributed by atoms with Crippen LogP contribution in [0.15, 0.2) is 4.99 Å². The van der Waals surface area contributed by atoms with Crippen LogP contribution < -0.4 is 0 Å². The molecule has 5 nitrogen and oxygen atoms in total. The van der Waals surface area contributed by atoms with Gasteiger partial charge in [-0.2, -0.15) is 0 Å². The highest BCUT2D eigenvalue weighted by Gasteiger charge is 2.48. The molecule has 1 fully saturated rings. The van der Waals surface area contributed by atoms with Crippen molar-refractivity contribution in [3.63, 3.8) is 0 Å². The number of methoxy groups -OCH3 is 1. The van der Waals surface area contributed by atoms with Crippen LogP contribution in [0.3, 0.4) is 0 Å². The van der Waals surface area contributed by atoms with Gasteiger partial charge in [0.15, 0.2) is 5.90 Å². The summed E-state index contributed by atoms with van der Waals surface area (Å²) in [6.07, 6.45) is 2.47. The van der Waals surface area contributed by atoms with Gasteiger partial charge in [-0.1, -0.05) is 0 Å². The Bertz CT molecular complexity index is 334. The molecular formula is C13H21NO4. The lowest BCUT2D eigenvalue weighted by molar-refractivity contribution is -0.156. The molecule has 1 atom stereocenters. The number of carbonyl (C=O) groups is 1. The zero-order chi connectivity index (χ0) is 13.0. The highest BCUT2D eigenvalue weighted by molar-refractivity contribution is 5.82. The molecule has 2 aliphatic rings. The van der Waals surface area contributed by atoms with Crippen molar-refractivity contribution in [1.29, 1.82) is 0 Å². The monoisotopic (exact) mass is 255 g/mol. The Labute approximate surface area is 108 Å². The average molecular weight is 255 g/mol. The molecule has 0 aromatic carbocycles. The molecule has 0 saturated carbocycles. The standard InChI is InChI=1S/C13H21NO4/c1-3-18-12(15)10-9-14-11(16-2)8-13(10)4-6-17-7-5-13/h10H,3-9H2,1-2H3. The van der Waals surface area contributed by atoms with Gasteiger partial charge in [-0.15, -0.1) is 0 Å². The maximum absolute atomic E-state index is 12.1. The zero-order valence-electron chi connectivity index (χ0n) is 11.1. The van der Waals surface area contributed by atoms with Crippen LogP contribution in [0, 0.1) is 11.3 Å². The lowest BCUT2D eigenvalue weighted by atomic mass is 9.66. The van der Waals surface area contributed by atoms with Crippen LogP contribution in [0.5, 0.6) is 0 Å². The summed E-state index contributed by atoms with van der Waals surface area (Å²) in [6, 6.07) is 0. The second kappa shape index (κ2) is 5.69. The van der Waals surface area contributed by atoms with Crippen molar-refractivity contribution in [1.82, 2.24) is 0 Å². The van der Waals surface area contributed by atoms with E-state index in [1.54, 1.807) is 7.11 Å². The van der Waals surface area contributed by atoms with Crippen molar-refractivity contribution in [3.05, 3.63) is 0 Å². The van der Waals surface area contributed by atoms with Gasteiger partial charge in [0.2, 0.25) is 0 Å². The van der Waals surface area contributed by atoms with Gasteiger partial charge < -0.3 is 14.2 Å². The molecule has 1 spiro atoms. The van der Waals surface area contributed by atoms with Crippen LogP contribution in [0.25, 0.3) is 0 Å². The first-order chi connectivity index (χ1) is 8.72. The SMILES string of the molecule is CCOC(=O)C1CN=C(OC)CC12CCOCC2. The van der Waals surface area contributed by atoms with Crippen LogP contribution in [-0.4, -0.2) is 45.3 Å². The van der Waals surface area contributed by atoms with E-state index in [4.69, 9.17) is 14.2 Å². The van der Waals surface area contributed by atoms with Crippen LogP contribution in [0.4, 0.5) is 0 Å². The summed E-state index contributed by atoms with van der Waals surface area (Å²) in [5, 5.41) is 0. The minimum atomic E-state index is -0.153. The highest BCUT2D eigenvalue weighted by atomic mass is 16.5. The van der Waals surface area contributed by atoms with Gasteiger partial charge in [0.25, 0.3) is 0 Å². The van der Waals surface area contributed by atoms with E-state index in [9.17, 15) is 4.79 Å². The number of hydrogen-bond donors (Lipinski definition) is 0. The zero-order valence-corrected chi connectivity index (χ0v) is 11.1. The molecule has 0 aromatic rings. The molecule has 2 heterocycles. The summed E-state index contributed by atoms with van der Waals surface area (Å²) in [5.41, 5.74) is -0.0857. The van der Waals surface area contributed by atoms with Gasteiger partial charge in [-0.25, -0.2) is 0 Å². The van der Waals surface area contributed by atoms with Crippen molar-refractivity contribution in [3.8, 4) is 0 Å². The molecule has 1 unspecified atom stereocenters. The average Bonchev–Trinajstić information content (AvgIpc) is 2.39. The van der Waals surface area contributed by atoms with Gasteiger partial charge in [0, 0.05) is 19.6 Å². The third-order valence-corrected chi connectivity index (χ3v) is 3.99. The molecule has 1 saturated heterocycles. The topological polar surface area (TPSA) is 57.1 Å². The fourth-order valence-corrected chi connectivity index (χ4v) is 2.87.